The van der Waals surface area contributed by atoms with Gasteiger partial charge in [-0.1, -0.05) is 12.1 Å². The van der Waals surface area contributed by atoms with Gasteiger partial charge in [0.1, 0.15) is 17.3 Å². The number of rotatable bonds is 7. The molecule has 1 aromatic heterocycles. The van der Waals surface area contributed by atoms with E-state index in [9.17, 15) is 14.7 Å². The van der Waals surface area contributed by atoms with Gasteiger partial charge in [0.05, 0.1) is 25.3 Å². The van der Waals surface area contributed by atoms with Gasteiger partial charge in [-0.3, -0.25) is 14.6 Å². The zero-order chi connectivity index (χ0) is 24.2. The number of aromatic nitrogens is 1. The summed E-state index contributed by atoms with van der Waals surface area (Å²) in [4.78, 5) is 31.8. The highest BCUT2D eigenvalue weighted by atomic mass is 16.5. The molecule has 174 valence electrons. The van der Waals surface area contributed by atoms with Crippen molar-refractivity contribution < 1.29 is 24.2 Å². The number of aliphatic hydroxyl groups excluding tert-OH is 1. The van der Waals surface area contributed by atoms with Crippen molar-refractivity contribution in [2.45, 2.75) is 26.4 Å². The number of aryl methyl sites for hydroxylation is 1. The van der Waals surface area contributed by atoms with E-state index in [1.54, 1.807) is 74.1 Å². The summed E-state index contributed by atoms with van der Waals surface area (Å²) in [6, 6.07) is 15.1. The number of hydrogen-bond donors (Lipinski definition) is 1. The monoisotopic (exact) mass is 458 g/mol. The molecule has 1 aliphatic heterocycles. The zero-order valence-electron chi connectivity index (χ0n) is 19.3. The van der Waals surface area contributed by atoms with Crippen molar-refractivity contribution >= 4 is 17.4 Å². The van der Waals surface area contributed by atoms with Gasteiger partial charge in [0, 0.05) is 24.5 Å². The second-order valence-corrected chi connectivity index (χ2v) is 7.97. The minimum Gasteiger partial charge on any atom is -0.507 e. The first-order valence-corrected chi connectivity index (χ1v) is 11.0. The third kappa shape index (κ3) is 4.37. The number of aliphatic hydroxyl groups is 1. The van der Waals surface area contributed by atoms with Gasteiger partial charge in [0.25, 0.3) is 11.7 Å². The van der Waals surface area contributed by atoms with Gasteiger partial charge >= 0.3 is 0 Å². The molecule has 3 aromatic rings. The first kappa shape index (κ1) is 23.0. The molecule has 2 aromatic carbocycles. The van der Waals surface area contributed by atoms with Crippen LogP contribution in [0.15, 0.2) is 72.6 Å². The lowest BCUT2D eigenvalue weighted by atomic mass is 9.94. The molecule has 1 unspecified atom stereocenters. The van der Waals surface area contributed by atoms with Gasteiger partial charge in [-0.25, -0.2) is 0 Å². The molecule has 1 amide bonds. The third-order valence-electron chi connectivity index (χ3n) is 5.82. The van der Waals surface area contributed by atoms with Crippen LogP contribution in [-0.4, -0.2) is 40.4 Å². The van der Waals surface area contributed by atoms with E-state index in [1.165, 1.54) is 4.90 Å². The highest BCUT2D eigenvalue weighted by molar-refractivity contribution is 6.46. The van der Waals surface area contributed by atoms with E-state index >= 15 is 0 Å². The van der Waals surface area contributed by atoms with Gasteiger partial charge < -0.3 is 19.5 Å². The molecule has 1 saturated heterocycles. The molecule has 0 radical (unpaired) electrons. The van der Waals surface area contributed by atoms with Crippen molar-refractivity contribution in [1.29, 1.82) is 0 Å². The molecule has 1 aliphatic rings. The number of benzene rings is 2. The summed E-state index contributed by atoms with van der Waals surface area (Å²) in [6.45, 7) is 4.48. The number of likely N-dealkylation sites (tertiary alicyclic amines) is 1. The Morgan fingerprint density at radius 3 is 2.38 bits per heavy atom. The fourth-order valence-corrected chi connectivity index (χ4v) is 4.13. The normalized spacial score (nSPS) is 17.1. The van der Waals surface area contributed by atoms with Crippen LogP contribution in [0.25, 0.3) is 5.76 Å². The van der Waals surface area contributed by atoms with Crippen LogP contribution < -0.4 is 9.47 Å². The number of ether oxygens (including phenoxy) is 2. The average molecular weight is 459 g/mol. The molecule has 1 atom stereocenters. The van der Waals surface area contributed by atoms with Gasteiger partial charge in [-0.15, -0.1) is 0 Å². The van der Waals surface area contributed by atoms with Crippen molar-refractivity contribution in [3.05, 3.63) is 94.8 Å². The minimum absolute atomic E-state index is 0.0489. The zero-order valence-corrected chi connectivity index (χ0v) is 19.3. The molecule has 2 heterocycles. The molecular formula is C27H26N2O5. The Morgan fingerprint density at radius 1 is 1.06 bits per heavy atom. The lowest BCUT2D eigenvalue weighted by Crippen LogP contribution is -2.29. The topological polar surface area (TPSA) is 89.0 Å². The molecule has 7 heteroatoms. The van der Waals surface area contributed by atoms with Crippen molar-refractivity contribution in [1.82, 2.24) is 9.88 Å². The lowest BCUT2D eigenvalue weighted by Gasteiger charge is -2.25. The van der Waals surface area contributed by atoms with Gasteiger partial charge in [0.15, 0.2) is 0 Å². The second-order valence-electron chi connectivity index (χ2n) is 7.97. The molecule has 1 fully saturated rings. The molecule has 0 saturated carbocycles. The highest BCUT2D eigenvalue weighted by Crippen LogP contribution is 2.41. The fraction of sp³-hybridized carbons (Fsp3) is 0.222. The van der Waals surface area contributed by atoms with Crippen molar-refractivity contribution in [2.75, 3.05) is 13.7 Å². The predicted octanol–water partition coefficient (Wildman–Crippen LogP) is 4.42. The number of amides is 1. The Hall–Kier alpha value is -4.13. The number of methoxy groups -OCH3 is 1. The average Bonchev–Trinajstić information content (AvgIpc) is 3.10. The highest BCUT2D eigenvalue weighted by Gasteiger charge is 2.46. The van der Waals surface area contributed by atoms with Gasteiger partial charge in [-0.2, -0.15) is 0 Å². The summed E-state index contributed by atoms with van der Waals surface area (Å²) >= 11 is 0. The van der Waals surface area contributed by atoms with Crippen LogP contribution in [-0.2, 0) is 16.1 Å². The van der Waals surface area contributed by atoms with Crippen LogP contribution in [0.4, 0.5) is 0 Å². The first-order valence-electron chi connectivity index (χ1n) is 11.0. The van der Waals surface area contributed by atoms with E-state index in [-0.39, 0.29) is 17.9 Å². The summed E-state index contributed by atoms with van der Waals surface area (Å²) in [6.07, 6.45) is 3.27. The first-order chi connectivity index (χ1) is 16.4. The standard InChI is InChI=1S/C27H26N2O5/c1-4-34-22-10-7-20(15-17(22)2)25(30)23-24(19-5-8-21(33-3)9-6-19)29(27(32)26(23)31)16-18-11-13-28-14-12-18/h5-15,24,30H,4,16H2,1-3H3/b25-23-. The Labute approximate surface area is 198 Å². The molecule has 4 rings (SSSR count). The van der Waals surface area contributed by atoms with Crippen molar-refractivity contribution in [3.63, 3.8) is 0 Å². The molecule has 1 N–H and O–H groups in total. The van der Waals surface area contributed by atoms with Crippen molar-refractivity contribution in [3.8, 4) is 11.5 Å². The quantitative estimate of drug-likeness (QED) is 0.320. The molecule has 34 heavy (non-hydrogen) atoms. The van der Waals surface area contributed by atoms with Crippen LogP contribution in [0.5, 0.6) is 11.5 Å². The van der Waals surface area contributed by atoms with Crippen LogP contribution in [0, 0.1) is 6.92 Å². The summed E-state index contributed by atoms with van der Waals surface area (Å²) in [5, 5.41) is 11.3. The maximum Gasteiger partial charge on any atom is 0.295 e. The minimum atomic E-state index is -0.758. The maximum absolute atomic E-state index is 13.2. The largest absolute Gasteiger partial charge is 0.507 e. The molecular weight excluding hydrogens is 432 g/mol. The second kappa shape index (κ2) is 9.79. The molecule has 7 nitrogen and oxygen atoms in total. The number of ketones is 1. The number of carbonyl (C=O) groups is 2. The van der Waals surface area contributed by atoms with Gasteiger partial charge in [0.2, 0.25) is 0 Å². The number of nitrogens with zero attached hydrogens (tertiary/aromatic N) is 2. The van der Waals surface area contributed by atoms with Crippen LogP contribution >= 0.6 is 0 Å². The van der Waals surface area contributed by atoms with E-state index in [0.29, 0.717) is 29.2 Å². The van der Waals surface area contributed by atoms with E-state index < -0.39 is 17.7 Å². The number of Topliss-reactive ketones (excluding diaryl/α,β-unsaturated/α-hetero) is 1. The number of carbonyl (C=O) groups excluding carboxylic acids is 2. The van der Waals surface area contributed by atoms with Crippen LogP contribution in [0.1, 0.15) is 35.2 Å². The predicted molar refractivity (Wildman–Crippen MR) is 127 cm³/mol. The van der Waals surface area contributed by atoms with E-state index in [1.807, 2.05) is 13.8 Å². The third-order valence-corrected chi connectivity index (χ3v) is 5.82. The number of hydrogen-bond acceptors (Lipinski definition) is 6. The van der Waals surface area contributed by atoms with E-state index in [0.717, 1.165) is 11.1 Å². The molecule has 0 aliphatic carbocycles. The van der Waals surface area contributed by atoms with Crippen molar-refractivity contribution in [2.24, 2.45) is 0 Å². The maximum atomic E-state index is 13.2. The summed E-state index contributed by atoms with van der Waals surface area (Å²) in [5.74, 6) is -0.260. The van der Waals surface area contributed by atoms with E-state index in [2.05, 4.69) is 4.98 Å². The Morgan fingerprint density at radius 2 is 1.76 bits per heavy atom. The Bertz CT molecular complexity index is 1240. The summed E-state index contributed by atoms with van der Waals surface area (Å²) < 4.78 is 10.8. The fourth-order valence-electron chi connectivity index (χ4n) is 4.13. The summed E-state index contributed by atoms with van der Waals surface area (Å²) in [5.41, 5.74) is 2.83. The molecule has 0 bridgehead atoms. The van der Waals surface area contributed by atoms with E-state index in [4.69, 9.17) is 9.47 Å². The molecule has 0 spiro atoms. The SMILES string of the molecule is CCOc1ccc(/C(O)=C2/C(=O)C(=O)N(Cc3ccncc3)C2c2ccc(OC)cc2)cc1C. The summed E-state index contributed by atoms with van der Waals surface area (Å²) in [7, 11) is 1.57. The van der Waals surface area contributed by atoms with Crippen LogP contribution in [0.3, 0.4) is 0 Å². The number of pyridine rings is 1. The van der Waals surface area contributed by atoms with Crippen LogP contribution in [0.2, 0.25) is 0 Å². The Balaban J connectivity index is 1.83. The Kier molecular flexibility index (Phi) is 6.63. The lowest BCUT2D eigenvalue weighted by molar-refractivity contribution is -0.140. The smallest absolute Gasteiger partial charge is 0.295 e. The van der Waals surface area contributed by atoms with Gasteiger partial charge in [-0.05, 0) is 73.0 Å².